The number of benzene rings is 1. The predicted octanol–water partition coefficient (Wildman–Crippen LogP) is 3.62. The normalized spacial score (nSPS) is 10.4. The van der Waals surface area contributed by atoms with Gasteiger partial charge in [0.1, 0.15) is 16.2 Å². The Morgan fingerprint density at radius 3 is 2.29 bits per heavy atom. The number of aryl methyl sites for hydroxylation is 2. The Labute approximate surface area is 110 Å². The molecule has 0 aliphatic heterocycles. The molecule has 0 saturated heterocycles. The summed E-state index contributed by atoms with van der Waals surface area (Å²) in [5.74, 6) is 1.64. The maximum absolute atomic E-state index is 4.42. The third-order valence-corrected chi connectivity index (χ3v) is 2.96. The van der Waals surface area contributed by atoms with Crippen LogP contribution in [0.1, 0.15) is 11.4 Å². The van der Waals surface area contributed by atoms with Crippen LogP contribution in [0.3, 0.4) is 0 Å². The SMILES string of the molecule is Cc1ccc(N(C)c2cc(Br)nc(C)n2)cc1. The van der Waals surface area contributed by atoms with Gasteiger partial charge in [-0.2, -0.15) is 0 Å². The van der Waals surface area contributed by atoms with Gasteiger partial charge in [0.15, 0.2) is 0 Å². The number of halogens is 1. The van der Waals surface area contributed by atoms with E-state index in [4.69, 9.17) is 0 Å². The standard InChI is InChI=1S/C13H14BrN3/c1-9-4-6-11(7-5-9)17(3)13-8-12(14)15-10(2)16-13/h4-8H,1-3H3. The maximum Gasteiger partial charge on any atom is 0.137 e. The van der Waals surface area contributed by atoms with E-state index in [2.05, 4.69) is 57.1 Å². The van der Waals surface area contributed by atoms with Crippen LogP contribution in [0.25, 0.3) is 0 Å². The highest BCUT2D eigenvalue weighted by Gasteiger charge is 2.07. The van der Waals surface area contributed by atoms with Gasteiger partial charge < -0.3 is 4.90 Å². The Morgan fingerprint density at radius 1 is 1.06 bits per heavy atom. The van der Waals surface area contributed by atoms with E-state index in [-0.39, 0.29) is 0 Å². The Bertz CT molecular complexity index is 502. The molecule has 17 heavy (non-hydrogen) atoms. The lowest BCUT2D eigenvalue weighted by Crippen LogP contribution is -2.12. The molecule has 0 bridgehead atoms. The van der Waals surface area contributed by atoms with Crippen molar-refractivity contribution in [2.75, 3.05) is 11.9 Å². The van der Waals surface area contributed by atoms with Crippen molar-refractivity contribution in [3.63, 3.8) is 0 Å². The van der Waals surface area contributed by atoms with E-state index in [1.54, 1.807) is 0 Å². The van der Waals surface area contributed by atoms with Gasteiger partial charge in [-0.3, -0.25) is 0 Å². The zero-order valence-corrected chi connectivity index (χ0v) is 11.7. The molecular weight excluding hydrogens is 278 g/mol. The second-order valence-corrected chi connectivity index (χ2v) is 4.80. The van der Waals surface area contributed by atoms with Crippen LogP contribution in [0.15, 0.2) is 34.9 Å². The fourth-order valence-electron chi connectivity index (χ4n) is 1.59. The summed E-state index contributed by atoms with van der Waals surface area (Å²) in [7, 11) is 2.00. The van der Waals surface area contributed by atoms with Gasteiger partial charge in [-0.1, -0.05) is 17.7 Å². The molecule has 0 saturated carbocycles. The van der Waals surface area contributed by atoms with Crippen molar-refractivity contribution in [2.45, 2.75) is 13.8 Å². The molecule has 3 nitrogen and oxygen atoms in total. The smallest absolute Gasteiger partial charge is 0.137 e. The third-order valence-electron chi connectivity index (χ3n) is 2.56. The molecule has 1 aromatic carbocycles. The largest absolute Gasteiger partial charge is 0.329 e. The van der Waals surface area contributed by atoms with E-state index in [1.165, 1.54) is 5.56 Å². The van der Waals surface area contributed by atoms with Crippen LogP contribution < -0.4 is 4.90 Å². The molecule has 1 aromatic heterocycles. The topological polar surface area (TPSA) is 29.0 Å². The van der Waals surface area contributed by atoms with Gasteiger partial charge in [0, 0.05) is 18.8 Å². The quantitative estimate of drug-likeness (QED) is 0.792. The lowest BCUT2D eigenvalue weighted by atomic mass is 10.2. The first-order chi connectivity index (χ1) is 8.06. The lowest BCUT2D eigenvalue weighted by molar-refractivity contribution is 0.997. The minimum Gasteiger partial charge on any atom is -0.329 e. The summed E-state index contributed by atoms with van der Waals surface area (Å²) < 4.78 is 0.805. The molecule has 0 aliphatic rings. The molecule has 0 amide bonds. The molecule has 0 unspecified atom stereocenters. The van der Waals surface area contributed by atoms with Gasteiger partial charge in [0.25, 0.3) is 0 Å². The van der Waals surface area contributed by atoms with E-state index in [9.17, 15) is 0 Å². The second kappa shape index (κ2) is 4.84. The van der Waals surface area contributed by atoms with Crippen LogP contribution in [0.4, 0.5) is 11.5 Å². The van der Waals surface area contributed by atoms with E-state index < -0.39 is 0 Å². The van der Waals surface area contributed by atoms with Crippen LogP contribution >= 0.6 is 15.9 Å². The molecule has 0 fully saturated rings. The second-order valence-electron chi connectivity index (χ2n) is 3.99. The fraction of sp³-hybridized carbons (Fsp3) is 0.231. The Balaban J connectivity index is 2.36. The minimum atomic E-state index is 0.758. The Morgan fingerprint density at radius 2 is 1.71 bits per heavy atom. The van der Waals surface area contributed by atoms with Gasteiger partial charge in [-0.15, -0.1) is 0 Å². The average molecular weight is 292 g/mol. The van der Waals surface area contributed by atoms with Crippen molar-refractivity contribution in [3.05, 3.63) is 46.3 Å². The summed E-state index contributed by atoms with van der Waals surface area (Å²) in [5, 5.41) is 0. The average Bonchev–Trinajstić information content (AvgIpc) is 2.28. The maximum atomic E-state index is 4.42. The van der Waals surface area contributed by atoms with Gasteiger partial charge in [-0.25, -0.2) is 9.97 Å². The van der Waals surface area contributed by atoms with Crippen molar-refractivity contribution in [1.29, 1.82) is 0 Å². The van der Waals surface area contributed by atoms with Crippen LogP contribution in [0.5, 0.6) is 0 Å². The summed E-state index contributed by atoms with van der Waals surface area (Å²) in [5.41, 5.74) is 2.36. The molecule has 0 spiro atoms. The van der Waals surface area contributed by atoms with Crippen molar-refractivity contribution in [3.8, 4) is 0 Å². The van der Waals surface area contributed by atoms with Crippen LogP contribution in [-0.4, -0.2) is 17.0 Å². The molecule has 88 valence electrons. The monoisotopic (exact) mass is 291 g/mol. The Hall–Kier alpha value is -1.42. The lowest BCUT2D eigenvalue weighted by Gasteiger charge is -2.18. The van der Waals surface area contributed by atoms with Crippen LogP contribution in [0.2, 0.25) is 0 Å². The molecule has 4 heteroatoms. The molecule has 0 aliphatic carbocycles. The molecule has 2 aromatic rings. The first-order valence-electron chi connectivity index (χ1n) is 5.38. The highest BCUT2D eigenvalue weighted by atomic mass is 79.9. The van der Waals surface area contributed by atoms with E-state index in [0.717, 1.165) is 21.9 Å². The van der Waals surface area contributed by atoms with Crippen molar-refractivity contribution in [1.82, 2.24) is 9.97 Å². The Kier molecular flexibility index (Phi) is 3.43. The number of hydrogen-bond acceptors (Lipinski definition) is 3. The van der Waals surface area contributed by atoms with Gasteiger partial charge >= 0.3 is 0 Å². The molecule has 1 heterocycles. The molecular formula is C13H14BrN3. The van der Waals surface area contributed by atoms with Gasteiger partial charge in [0.2, 0.25) is 0 Å². The van der Waals surface area contributed by atoms with E-state index in [0.29, 0.717) is 0 Å². The van der Waals surface area contributed by atoms with E-state index in [1.807, 2.05) is 24.9 Å². The first kappa shape index (κ1) is 12.0. The first-order valence-corrected chi connectivity index (χ1v) is 6.17. The summed E-state index contributed by atoms with van der Waals surface area (Å²) in [4.78, 5) is 10.7. The third kappa shape index (κ3) is 2.82. The zero-order chi connectivity index (χ0) is 12.4. The molecule has 0 atom stereocenters. The van der Waals surface area contributed by atoms with Crippen molar-refractivity contribution in [2.24, 2.45) is 0 Å². The van der Waals surface area contributed by atoms with Crippen LogP contribution in [0, 0.1) is 13.8 Å². The molecule has 0 N–H and O–H groups in total. The highest BCUT2D eigenvalue weighted by Crippen LogP contribution is 2.23. The van der Waals surface area contributed by atoms with Gasteiger partial charge in [0.05, 0.1) is 0 Å². The van der Waals surface area contributed by atoms with Crippen molar-refractivity contribution < 1.29 is 0 Å². The summed E-state index contributed by atoms with van der Waals surface area (Å²) in [6.07, 6.45) is 0. The molecule has 2 rings (SSSR count). The summed E-state index contributed by atoms with van der Waals surface area (Å²) >= 11 is 3.39. The number of aromatic nitrogens is 2. The minimum absolute atomic E-state index is 0.758. The fourth-order valence-corrected chi connectivity index (χ4v) is 2.05. The molecule has 0 radical (unpaired) electrons. The predicted molar refractivity (Wildman–Crippen MR) is 73.7 cm³/mol. The summed E-state index contributed by atoms with van der Waals surface area (Å²) in [6.45, 7) is 3.96. The number of hydrogen-bond donors (Lipinski definition) is 0. The van der Waals surface area contributed by atoms with Crippen LogP contribution in [-0.2, 0) is 0 Å². The number of rotatable bonds is 2. The number of anilines is 2. The summed E-state index contributed by atoms with van der Waals surface area (Å²) in [6, 6.07) is 10.3. The highest BCUT2D eigenvalue weighted by molar-refractivity contribution is 9.10. The van der Waals surface area contributed by atoms with Gasteiger partial charge in [-0.05, 0) is 41.9 Å². The number of nitrogens with zero attached hydrogens (tertiary/aromatic N) is 3. The van der Waals surface area contributed by atoms with Crippen molar-refractivity contribution >= 4 is 27.4 Å². The zero-order valence-electron chi connectivity index (χ0n) is 10.1. The van der Waals surface area contributed by atoms with E-state index >= 15 is 0 Å².